The molecule has 1 unspecified atom stereocenters. The van der Waals surface area contributed by atoms with Gasteiger partial charge in [-0.15, -0.1) is 0 Å². The molecule has 1 N–H and O–H groups in total. The standard InChI is InChI=1S/C10H11FN2/c1-6-8-4-3-5-9(11)10(8)13-7(2)12-6/h3-6H,1-2H3,(H,12,13). The van der Waals surface area contributed by atoms with E-state index in [1.807, 2.05) is 19.9 Å². The molecule has 0 radical (unpaired) electrons. The molecule has 0 saturated carbocycles. The fraction of sp³-hybridized carbons (Fsp3) is 0.300. The lowest BCUT2D eigenvalue weighted by molar-refractivity contribution is 0.615. The molecule has 0 saturated heterocycles. The van der Waals surface area contributed by atoms with Crippen LogP contribution in [-0.4, -0.2) is 5.84 Å². The van der Waals surface area contributed by atoms with Crippen molar-refractivity contribution in [3.8, 4) is 0 Å². The van der Waals surface area contributed by atoms with Crippen LogP contribution in [0.1, 0.15) is 25.5 Å². The Kier molecular flexibility index (Phi) is 1.79. The molecular weight excluding hydrogens is 167 g/mol. The van der Waals surface area contributed by atoms with Crippen molar-refractivity contribution >= 4 is 11.5 Å². The van der Waals surface area contributed by atoms with Gasteiger partial charge in [0, 0.05) is 5.56 Å². The van der Waals surface area contributed by atoms with E-state index in [1.54, 1.807) is 6.07 Å². The average Bonchev–Trinajstić information content (AvgIpc) is 2.07. The van der Waals surface area contributed by atoms with Crippen molar-refractivity contribution in [1.82, 2.24) is 5.32 Å². The SMILES string of the molecule is CC1=Nc2c(F)cccc2C(C)N1. The van der Waals surface area contributed by atoms with E-state index >= 15 is 0 Å². The van der Waals surface area contributed by atoms with Gasteiger partial charge in [0.25, 0.3) is 0 Å². The minimum atomic E-state index is -0.245. The largest absolute Gasteiger partial charge is 0.367 e. The minimum absolute atomic E-state index is 0.142. The number of rotatable bonds is 0. The topological polar surface area (TPSA) is 24.4 Å². The smallest absolute Gasteiger partial charge is 0.149 e. The first-order valence-electron chi connectivity index (χ1n) is 4.28. The van der Waals surface area contributed by atoms with Crippen LogP contribution >= 0.6 is 0 Å². The number of hydrogen-bond donors (Lipinski definition) is 1. The number of amidine groups is 1. The molecule has 0 spiro atoms. The molecule has 68 valence electrons. The monoisotopic (exact) mass is 178 g/mol. The first kappa shape index (κ1) is 8.23. The number of halogens is 1. The molecule has 1 aromatic carbocycles. The highest BCUT2D eigenvalue weighted by molar-refractivity contribution is 5.85. The number of para-hydroxylation sites is 1. The summed E-state index contributed by atoms with van der Waals surface area (Å²) < 4.78 is 13.3. The zero-order valence-corrected chi connectivity index (χ0v) is 7.63. The first-order chi connectivity index (χ1) is 6.18. The van der Waals surface area contributed by atoms with E-state index in [9.17, 15) is 4.39 Å². The Hall–Kier alpha value is -1.38. The second kappa shape index (κ2) is 2.83. The van der Waals surface area contributed by atoms with E-state index < -0.39 is 0 Å². The van der Waals surface area contributed by atoms with Crippen LogP contribution in [0.15, 0.2) is 23.2 Å². The molecule has 2 nitrogen and oxygen atoms in total. The summed E-state index contributed by atoms with van der Waals surface area (Å²) in [5.41, 5.74) is 1.40. The molecule has 1 aliphatic heterocycles. The Bertz CT molecular complexity index is 371. The van der Waals surface area contributed by atoms with Crippen LogP contribution in [0.3, 0.4) is 0 Å². The Morgan fingerprint density at radius 1 is 1.46 bits per heavy atom. The van der Waals surface area contributed by atoms with Crippen LogP contribution in [0.5, 0.6) is 0 Å². The van der Waals surface area contributed by atoms with Gasteiger partial charge in [-0.05, 0) is 19.9 Å². The third-order valence-electron chi connectivity index (χ3n) is 2.19. The molecule has 13 heavy (non-hydrogen) atoms. The Morgan fingerprint density at radius 3 is 3.00 bits per heavy atom. The van der Waals surface area contributed by atoms with Gasteiger partial charge in [-0.3, -0.25) is 0 Å². The number of aliphatic imine (C=N–C) groups is 1. The molecule has 3 heteroatoms. The maximum atomic E-state index is 13.3. The molecule has 1 aromatic rings. The van der Waals surface area contributed by atoms with Crippen LogP contribution in [-0.2, 0) is 0 Å². The van der Waals surface area contributed by atoms with Crippen LogP contribution in [0.4, 0.5) is 10.1 Å². The number of fused-ring (bicyclic) bond motifs is 1. The van der Waals surface area contributed by atoms with Crippen molar-refractivity contribution in [1.29, 1.82) is 0 Å². The lowest BCUT2D eigenvalue weighted by Gasteiger charge is -2.22. The van der Waals surface area contributed by atoms with Crippen molar-refractivity contribution in [2.24, 2.45) is 4.99 Å². The van der Waals surface area contributed by atoms with Gasteiger partial charge in [-0.25, -0.2) is 9.38 Å². The van der Waals surface area contributed by atoms with E-state index in [2.05, 4.69) is 10.3 Å². The van der Waals surface area contributed by atoms with Gasteiger partial charge in [-0.2, -0.15) is 0 Å². The summed E-state index contributed by atoms with van der Waals surface area (Å²) in [4.78, 5) is 4.13. The maximum absolute atomic E-state index is 13.3. The number of hydrogen-bond acceptors (Lipinski definition) is 2. The number of nitrogens with zero attached hydrogens (tertiary/aromatic N) is 1. The molecule has 0 aromatic heterocycles. The third kappa shape index (κ3) is 1.30. The lowest BCUT2D eigenvalue weighted by atomic mass is 10.0. The van der Waals surface area contributed by atoms with Crippen LogP contribution in [0.2, 0.25) is 0 Å². The summed E-state index contributed by atoms with van der Waals surface area (Å²) >= 11 is 0. The third-order valence-corrected chi connectivity index (χ3v) is 2.19. The summed E-state index contributed by atoms with van der Waals surface area (Å²) in [6.45, 7) is 3.84. The molecule has 0 bridgehead atoms. The molecule has 1 heterocycles. The highest BCUT2D eigenvalue weighted by Crippen LogP contribution is 2.31. The van der Waals surface area contributed by atoms with Gasteiger partial charge in [0.2, 0.25) is 0 Å². The molecule has 0 fully saturated rings. The van der Waals surface area contributed by atoms with Gasteiger partial charge in [0.05, 0.1) is 11.9 Å². The van der Waals surface area contributed by atoms with Crippen molar-refractivity contribution in [2.45, 2.75) is 19.9 Å². The Morgan fingerprint density at radius 2 is 2.23 bits per heavy atom. The highest BCUT2D eigenvalue weighted by Gasteiger charge is 2.18. The zero-order valence-electron chi connectivity index (χ0n) is 7.63. The van der Waals surface area contributed by atoms with Crippen molar-refractivity contribution < 1.29 is 4.39 Å². The summed E-state index contributed by atoms with van der Waals surface area (Å²) in [5, 5.41) is 3.15. The van der Waals surface area contributed by atoms with E-state index in [0.29, 0.717) is 5.69 Å². The zero-order chi connectivity index (χ0) is 9.42. The second-order valence-corrected chi connectivity index (χ2v) is 3.24. The van der Waals surface area contributed by atoms with E-state index in [-0.39, 0.29) is 11.9 Å². The predicted molar refractivity (Wildman–Crippen MR) is 50.7 cm³/mol. The highest BCUT2D eigenvalue weighted by atomic mass is 19.1. The Balaban J connectivity index is 2.62. The quantitative estimate of drug-likeness (QED) is 0.648. The van der Waals surface area contributed by atoms with E-state index in [1.165, 1.54) is 6.07 Å². The van der Waals surface area contributed by atoms with Gasteiger partial charge >= 0.3 is 0 Å². The van der Waals surface area contributed by atoms with E-state index in [0.717, 1.165) is 11.4 Å². The van der Waals surface area contributed by atoms with Crippen LogP contribution in [0, 0.1) is 5.82 Å². The van der Waals surface area contributed by atoms with Crippen LogP contribution in [0.25, 0.3) is 0 Å². The number of nitrogens with one attached hydrogen (secondary N) is 1. The molecule has 0 aliphatic carbocycles. The van der Waals surface area contributed by atoms with Crippen molar-refractivity contribution in [3.05, 3.63) is 29.6 Å². The Labute approximate surface area is 76.5 Å². The van der Waals surface area contributed by atoms with Crippen LogP contribution < -0.4 is 5.32 Å². The maximum Gasteiger partial charge on any atom is 0.149 e. The second-order valence-electron chi connectivity index (χ2n) is 3.24. The summed E-state index contributed by atoms with van der Waals surface area (Å²) in [5.74, 6) is 0.523. The normalized spacial score (nSPS) is 20.2. The number of benzene rings is 1. The molecule has 0 amide bonds. The fourth-order valence-corrected chi connectivity index (χ4v) is 1.59. The average molecular weight is 178 g/mol. The predicted octanol–water partition coefficient (Wildman–Crippen LogP) is 2.54. The van der Waals surface area contributed by atoms with Gasteiger partial charge in [-0.1, -0.05) is 12.1 Å². The van der Waals surface area contributed by atoms with E-state index in [4.69, 9.17) is 0 Å². The van der Waals surface area contributed by atoms with Gasteiger partial charge in [0.1, 0.15) is 11.5 Å². The fourth-order valence-electron chi connectivity index (χ4n) is 1.59. The van der Waals surface area contributed by atoms with Crippen molar-refractivity contribution in [2.75, 3.05) is 0 Å². The van der Waals surface area contributed by atoms with Crippen molar-refractivity contribution in [3.63, 3.8) is 0 Å². The first-order valence-corrected chi connectivity index (χ1v) is 4.28. The summed E-state index contributed by atoms with van der Waals surface area (Å²) in [6.07, 6.45) is 0. The minimum Gasteiger partial charge on any atom is -0.367 e. The van der Waals surface area contributed by atoms with Gasteiger partial charge in [0.15, 0.2) is 0 Å². The summed E-state index contributed by atoms with van der Waals surface area (Å²) in [6, 6.07) is 5.19. The molecule has 1 aliphatic rings. The molecule has 1 atom stereocenters. The molecular formula is C10H11FN2. The molecule has 2 rings (SSSR count). The van der Waals surface area contributed by atoms with Gasteiger partial charge < -0.3 is 5.32 Å². The lowest BCUT2D eigenvalue weighted by Crippen LogP contribution is -2.27. The summed E-state index contributed by atoms with van der Waals surface area (Å²) in [7, 11) is 0.